The predicted octanol–water partition coefficient (Wildman–Crippen LogP) is 5.11. The third-order valence-corrected chi connectivity index (χ3v) is 4.91. The van der Waals surface area contributed by atoms with E-state index >= 15 is 0 Å². The predicted molar refractivity (Wildman–Crippen MR) is 113 cm³/mol. The van der Waals surface area contributed by atoms with E-state index in [2.05, 4.69) is 16.0 Å². The fourth-order valence-corrected chi connectivity index (χ4v) is 3.57. The third kappa shape index (κ3) is 2.76. The summed E-state index contributed by atoms with van der Waals surface area (Å²) < 4.78 is 0. The molecule has 28 heavy (non-hydrogen) atoms. The van der Waals surface area contributed by atoms with E-state index in [0.717, 1.165) is 39.0 Å². The lowest BCUT2D eigenvalue weighted by Crippen LogP contribution is -2.05. The van der Waals surface area contributed by atoms with Crippen LogP contribution in [0.3, 0.4) is 0 Å². The zero-order valence-corrected chi connectivity index (χ0v) is 15.3. The molecule has 0 radical (unpaired) electrons. The van der Waals surface area contributed by atoms with Gasteiger partial charge < -0.3 is 4.98 Å². The zero-order chi connectivity index (χ0) is 19.1. The number of nitrogens with one attached hydrogen (secondary N) is 1. The molecule has 0 fully saturated rings. The first kappa shape index (κ1) is 16.4. The van der Waals surface area contributed by atoms with Crippen LogP contribution in [0, 0.1) is 6.92 Å². The highest BCUT2D eigenvalue weighted by Crippen LogP contribution is 2.33. The van der Waals surface area contributed by atoms with Gasteiger partial charge in [0.25, 0.3) is 0 Å². The second-order valence-electron chi connectivity index (χ2n) is 6.87. The summed E-state index contributed by atoms with van der Waals surface area (Å²) in [6, 6.07) is 23.7. The number of aromatic amines is 1. The molecule has 0 aliphatic heterocycles. The maximum absolute atomic E-state index is 12.6. The smallest absolute Gasteiger partial charge is 0.191 e. The van der Waals surface area contributed by atoms with Crippen molar-refractivity contribution in [2.45, 2.75) is 6.92 Å². The van der Waals surface area contributed by atoms with Gasteiger partial charge in [-0.1, -0.05) is 42.5 Å². The van der Waals surface area contributed by atoms with Gasteiger partial charge in [0, 0.05) is 34.5 Å². The van der Waals surface area contributed by atoms with Crippen LogP contribution in [-0.2, 0) is 0 Å². The molecule has 0 aliphatic rings. The Kier molecular flexibility index (Phi) is 3.76. The van der Waals surface area contributed by atoms with Gasteiger partial charge in [0.2, 0.25) is 0 Å². The third-order valence-electron chi connectivity index (χ3n) is 4.91. The van der Waals surface area contributed by atoms with Gasteiger partial charge in [-0.05, 0) is 36.8 Å². The van der Waals surface area contributed by atoms with Crippen LogP contribution in [0.5, 0.6) is 0 Å². The minimum atomic E-state index is -0.0259. The number of H-pyrrole nitrogens is 1. The summed E-state index contributed by atoms with van der Waals surface area (Å²) in [5.41, 5.74) is 6.11. The van der Waals surface area contributed by atoms with Crippen molar-refractivity contribution in [2.24, 2.45) is 0 Å². The van der Waals surface area contributed by atoms with Crippen LogP contribution in [0.15, 0.2) is 83.8 Å². The highest BCUT2D eigenvalue weighted by atomic mass is 16.1. The van der Waals surface area contributed by atoms with Crippen molar-refractivity contribution in [3.05, 3.63) is 94.9 Å². The van der Waals surface area contributed by atoms with E-state index in [0.29, 0.717) is 11.0 Å². The van der Waals surface area contributed by atoms with Gasteiger partial charge in [-0.3, -0.25) is 9.78 Å². The first-order chi connectivity index (χ1) is 13.7. The Balaban J connectivity index is 1.86. The van der Waals surface area contributed by atoms with E-state index in [1.54, 1.807) is 12.3 Å². The van der Waals surface area contributed by atoms with Crippen LogP contribution in [-0.4, -0.2) is 15.0 Å². The Labute approximate surface area is 161 Å². The quantitative estimate of drug-likeness (QED) is 0.474. The fraction of sp³-hybridized carbons (Fsp3) is 0.0417. The first-order valence-corrected chi connectivity index (χ1v) is 9.14. The molecule has 134 valence electrons. The average molecular weight is 363 g/mol. The molecule has 5 rings (SSSR count). The Bertz CT molecular complexity index is 1390. The van der Waals surface area contributed by atoms with Gasteiger partial charge in [-0.25, -0.2) is 4.98 Å². The van der Waals surface area contributed by atoms with Gasteiger partial charge in [-0.15, -0.1) is 0 Å². The number of nitrogens with zero attached hydrogens (tertiary/aromatic N) is 2. The van der Waals surface area contributed by atoms with Crippen LogP contribution >= 0.6 is 0 Å². The van der Waals surface area contributed by atoms with Crippen LogP contribution in [0.25, 0.3) is 44.3 Å². The maximum Gasteiger partial charge on any atom is 0.191 e. The van der Waals surface area contributed by atoms with Crippen molar-refractivity contribution in [2.75, 3.05) is 0 Å². The van der Waals surface area contributed by atoms with Gasteiger partial charge in [0.1, 0.15) is 5.65 Å². The average Bonchev–Trinajstić information content (AvgIpc) is 2.73. The molecule has 0 bridgehead atoms. The summed E-state index contributed by atoms with van der Waals surface area (Å²) in [4.78, 5) is 25.1. The monoisotopic (exact) mass is 363 g/mol. The molecular weight excluding hydrogens is 346 g/mol. The standard InChI is InChI=1S/C24H17N3O/c1-15-12-22(28)20-14-19(17-9-10-21-18(13-17)8-5-11-25-21)23(27-24(20)26-15)16-6-3-2-4-7-16/h2-14H,1H3,(H,26,27,28). The molecule has 1 N–H and O–H groups in total. The Hall–Kier alpha value is -3.79. The number of aromatic nitrogens is 3. The number of pyridine rings is 3. The minimum absolute atomic E-state index is 0.0259. The molecule has 0 spiro atoms. The van der Waals surface area contributed by atoms with Crippen molar-refractivity contribution in [3.8, 4) is 22.4 Å². The molecule has 4 heteroatoms. The van der Waals surface area contributed by atoms with E-state index in [9.17, 15) is 4.79 Å². The summed E-state index contributed by atoms with van der Waals surface area (Å²) in [5, 5.41) is 1.64. The highest BCUT2D eigenvalue weighted by molar-refractivity contribution is 5.93. The van der Waals surface area contributed by atoms with Crippen LogP contribution in [0.1, 0.15) is 5.69 Å². The van der Waals surface area contributed by atoms with Gasteiger partial charge >= 0.3 is 0 Å². The molecule has 3 aromatic heterocycles. The molecule has 0 saturated heterocycles. The molecule has 0 aliphatic carbocycles. The lowest BCUT2D eigenvalue weighted by atomic mass is 9.97. The highest BCUT2D eigenvalue weighted by Gasteiger charge is 2.14. The lowest BCUT2D eigenvalue weighted by molar-refractivity contribution is 1.19. The summed E-state index contributed by atoms with van der Waals surface area (Å²) in [6.07, 6.45) is 1.79. The summed E-state index contributed by atoms with van der Waals surface area (Å²) in [6.45, 7) is 1.87. The topological polar surface area (TPSA) is 58.6 Å². The van der Waals surface area contributed by atoms with Gasteiger partial charge in [0.15, 0.2) is 5.43 Å². The molecule has 0 amide bonds. The number of hydrogen-bond acceptors (Lipinski definition) is 3. The molecule has 0 unspecified atom stereocenters. The largest absolute Gasteiger partial charge is 0.343 e. The number of aryl methyl sites for hydroxylation is 1. The van der Waals surface area contributed by atoms with Crippen molar-refractivity contribution >= 4 is 21.9 Å². The summed E-state index contributed by atoms with van der Waals surface area (Å²) in [7, 11) is 0. The van der Waals surface area contributed by atoms with E-state index in [-0.39, 0.29) is 5.43 Å². The Morgan fingerprint density at radius 3 is 2.57 bits per heavy atom. The van der Waals surface area contributed by atoms with Gasteiger partial charge in [-0.2, -0.15) is 0 Å². The van der Waals surface area contributed by atoms with Crippen molar-refractivity contribution in [1.29, 1.82) is 0 Å². The van der Waals surface area contributed by atoms with Crippen molar-refractivity contribution < 1.29 is 0 Å². The minimum Gasteiger partial charge on any atom is -0.343 e. The molecule has 2 aromatic carbocycles. The zero-order valence-electron chi connectivity index (χ0n) is 15.3. The Morgan fingerprint density at radius 2 is 1.71 bits per heavy atom. The van der Waals surface area contributed by atoms with Crippen LogP contribution < -0.4 is 5.43 Å². The van der Waals surface area contributed by atoms with E-state index < -0.39 is 0 Å². The number of fused-ring (bicyclic) bond motifs is 2. The normalized spacial score (nSPS) is 11.2. The number of benzene rings is 2. The first-order valence-electron chi connectivity index (χ1n) is 9.14. The molecule has 4 nitrogen and oxygen atoms in total. The number of hydrogen-bond donors (Lipinski definition) is 1. The number of rotatable bonds is 2. The van der Waals surface area contributed by atoms with Crippen molar-refractivity contribution in [3.63, 3.8) is 0 Å². The Morgan fingerprint density at radius 1 is 0.857 bits per heavy atom. The van der Waals surface area contributed by atoms with Gasteiger partial charge in [0.05, 0.1) is 16.6 Å². The SMILES string of the molecule is Cc1cc(=O)c2cc(-c3ccc4ncccc4c3)c(-c3ccccc3)nc2[nH]1. The van der Waals surface area contributed by atoms with Crippen LogP contribution in [0.4, 0.5) is 0 Å². The second-order valence-corrected chi connectivity index (χ2v) is 6.87. The summed E-state index contributed by atoms with van der Waals surface area (Å²) in [5.74, 6) is 0. The second kappa shape index (κ2) is 6.43. The molecule has 3 heterocycles. The lowest BCUT2D eigenvalue weighted by Gasteiger charge is -2.12. The molecule has 5 aromatic rings. The van der Waals surface area contributed by atoms with E-state index in [4.69, 9.17) is 4.98 Å². The molecule has 0 saturated carbocycles. The van der Waals surface area contributed by atoms with E-state index in [1.165, 1.54) is 0 Å². The van der Waals surface area contributed by atoms with Crippen molar-refractivity contribution in [1.82, 2.24) is 15.0 Å². The van der Waals surface area contributed by atoms with E-state index in [1.807, 2.05) is 67.6 Å². The molecular formula is C24H17N3O. The molecule has 0 atom stereocenters. The summed E-state index contributed by atoms with van der Waals surface area (Å²) >= 11 is 0. The van der Waals surface area contributed by atoms with Crippen LogP contribution in [0.2, 0.25) is 0 Å². The fourth-order valence-electron chi connectivity index (χ4n) is 3.57. The maximum atomic E-state index is 12.6.